The van der Waals surface area contributed by atoms with Gasteiger partial charge in [0.1, 0.15) is 5.76 Å². The summed E-state index contributed by atoms with van der Waals surface area (Å²) in [7, 11) is 3.14. The molecule has 0 saturated carbocycles. The van der Waals surface area contributed by atoms with Gasteiger partial charge in [0.05, 0.1) is 13.7 Å². The van der Waals surface area contributed by atoms with E-state index in [0.29, 0.717) is 12.3 Å². The Morgan fingerprint density at radius 1 is 1.15 bits per heavy atom. The molecule has 0 radical (unpaired) electrons. The number of ether oxygens (including phenoxy) is 2. The Hall–Kier alpha value is -1.23. The van der Waals surface area contributed by atoms with Crippen molar-refractivity contribution in [2.75, 3.05) is 20.8 Å². The number of methoxy groups -OCH3 is 2. The second-order valence-corrected chi connectivity index (χ2v) is 7.16. The van der Waals surface area contributed by atoms with Gasteiger partial charge in [0.15, 0.2) is 0 Å². The van der Waals surface area contributed by atoms with Gasteiger partial charge in [0, 0.05) is 18.2 Å². The first-order valence-electron chi connectivity index (χ1n) is 6.82. The molecule has 20 heavy (non-hydrogen) atoms. The van der Waals surface area contributed by atoms with E-state index in [1.807, 2.05) is 41.5 Å². The quantitative estimate of drug-likeness (QED) is 0.748. The second-order valence-electron chi connectivity index (χ2n) is 7.16. The molecule has 0 aromatic carbocycles. The molecule has 0 aliphatic carbocycles. The van der Waals surface area contributed by atoms with Crippen molar-refractivity contribution in [3.8, 4) is 0 Å². The zero-order valence-electron chi connectivity index (χ0n) is 14.0. The molecule has 0 spiro atoms. The summed E-state index contributed by atoms with van der Waals surface area (Å²) < 4.78 is 11.0. The molecule has 116 valence electrons. The fraction of sp³-hybridized carbons (Fsp3) is 0.800. The van der Waals surface area contributed by atoms with Crippen LogP contribution < -0.4 is 0 Å². The third kappa shape index (κ3) is 2.51. The summed E-state index contributed by atoms with van der Waals surface area (Å²) in [6.45, 7) is 16.3. The zero-order chi connectivity index (χ0) is 15.9. The molecule has 1 saturated heterocycles. The first kappa shape index (κ1) is 16.8. The molecule has 1 rings (SSSR count). The molecule has 0 bridgehead atoms. The molecule has 1 fully saturated rings. The van der Waals surface area contributed by atoms with Crippen LogP contribution in [0.2, 0.25) is 0 Å². The van der Waals surface area contributed by atoms with Gasteiger partial charge in [0.2, 0.25) is 5.72 Å². The molecule has 1 atom stereocenters. The minimum atomic E-state index is -0.961. The SMILES string of the molecule is C=C(OC)C1(OC)CN(C(C)(C)C)C(=O)N1C(C)(C)C. The highest BCUT2D eigenvalue weighted by atomic mass is 16.6. The highest BCUT2D eigenvalue weighted by molar-refractivity contribution is 5.80. The summed E-state index contributed by atoms with van der Waals surface area (Å²) in [5, 5.41) is 0. The van der Waals surface area contributed by atoms with Gasteiger partial charge >= 0.3 is 6.03 Å². The van der Waals surface area contributed by atoms with E-state index in [-0.39, 0.29) is 11.6 Å². The van der Waals surface area contributed by atoms with Crippen molar-refractivity contribution < 1.29 is 14.3 Å². The fourth-order valence-corrected chi connectivity index (χ4v) is 2.62. The van der Waals surface area contributed by atoms with E-state index < -0.39 is 11.3 Å². The predicted octanol–water partition coefficient (Wildman–Crippen LogP) is 2.82. The summed E-state index contributed by atoms with van der Waals surface area (Å²) in [5.74, 6) is 0.440. The predicted molar refractivity (Wildman–Crippen MR) is 79.3 cm³/mol. The Morgan fingerprint density at radius 2 is 1.65 bits per heavy atom. The Kier molecular flexibility index (Phi) is 4.16. The third-order valence-corrected chi connectivity index (χ3v) is 3.66. The number of rotatable bonds is 3. The van der Waals surface area contributed by atoms with E-state index >= 15 is 0 Å². The molecule has 5 heteroatoms. The molecule has 0 aromatic heterocycles. The number of amides is 2. The molecule has 1 unspecified atom stereocenters. The van der Waals surface area contributed by atoms with Crippen LogP contribution in [0.5, 0.6) is 0 Å². The third-order valence-electron chi connectivity index (χ3n) is 3.66. The molecule has 0 aromatic rings. The molecule has 0 N–H and O–H groups in total. The summed E-state index contributed by atoms with van der Waals surface area (Å²) in [4.78, 5) is 16.4. The summed E-state index contributed by atoms with van der Waals surface area (Å²) in [5.41, 5.74) is -1.67. The topological polar surface area (TPSA) is 42.0 Å². The van der Waals surface area contributed by atoms with Crippen LogP contribution in [0, 0.1) is 0 Å². The van der Waals surface area contributed by atoms with Crippen molar-refractivity contribution >= 4 is 6.03 Å². The number of hydrogen-bond donors (Lipinski definition) is 0. The molecular formula is C15H28N2O3. The summed E-state index contributed by atoms with van der Waals surface area (Å²) in [6, 6.07) is -0.0648. The van der Waals surface area contributed by atoms with E-state index in [1.54, 1.807) is 24.0 Å². The van der Waals surface area contributed by atoms with Gasteiger partial charge in [-0.3, -0.25) is 4.90 Å². The maximum atomic E-state index is 12.9. The van der Waals surface area contributed by atoms with Gasteiger partial charge in [-0.1, -0.05) is 6.58 Å². The highest BCUT2D eigenvalue weighted by Crippen LogP contribution is 2.41. The standard InChI is InChI=1S/C15H28N2O3/c1-11(19-8)15(20-9)10-16(13(2,3)4)12(18)17(15)14(5,6)7/h1,10H2,2-9H3. The Bertz CT molecular complexity index is 406. The number of carbonyl (C=O) groups excluding carboxylic acids is 1. The molecule has 2 amide bonds. The number of hydrogen-bond acceptors (Lipinski definition) is 3. The van der Waals surface area contributed by atoms with Gasteiger partial charge in [-0.15, -0.1) is 0 Å². The molecule has 1 aliphatic heterocycles. The first-order chi connectivity index (χ1) is 8.91. The lowest BCUT2D eigenvalue weighted by atomic mass is 10.0. The van der Waals surface area contributed by atoms with Crippen molar-refractivity contribution in [2.45, 2.75) is 58.3 Å². The van der Waals surface area contributed by atoms with Crippen molar-refractivity contribution in [2.24, 2.45) is 0 Å². The van der Waals surface area contributed by atoms with Crippen LogP contribution in [0.4, 0.5) is 4.79 Å². The van der Waals surface area contributed by atoms with E-state index in [4.69, 9.17) is 9.47 Å². The average molecular weight is 284 g/mol. The van der Waals surface area contributed by atoms with Crippen LogP contribution in [0.25, 0.3) is 0 Å². The first-order valence-corrected chi connectivity index (χ1v) is 6.82. The van der Waals surface area contributed by atoms with E-state index in [0.717, 1.165) is 0 Å². The Balaban J connectivity index is 3.41. The smallest absolute Gasteiger partial charge is 0.323 e. The van der Waals surface area contributed by atoms with Gasteiger partial charge in [-0.2, -0.15) is 0 Å². The summed E-state index contributed by atoms with van der Waals surface area (Å²) >= 11 is 0. The van der Waals surface area contributed by atoms with Crippen LogP contribution in [0.1, 0.15) is 41.5 Å². The fourth-order valence-electron chi connectivity index (χ4n) is 2.62. The lowest BCUT2D eigenvalue weighted by molar-refractivity contribution is -0.119. The molecule has 5 nitrogen and oxygen atoms in total. The Morgan fingerprint density at radius 3 is 1.95 bits per heavy atom. The second kappa shape index (κ2) is 4.95. The lowest BCUT2D eigenvalue weighted by Crippen LogP contribution is -2.58. The maximum absolute atomic E-state index is 12.9. The number of carbonyl (C=O) groups is 1. The van der Waals surface area contributed by atoms with Gasteiger partial charge in [0.25, 0.3) is 0 Å². The monoisotopic (exact) mass is 284 g/mol. The summed E-state index contributed by atoms with van der Waals surface area (Å²) in [6.07, 6.45) is 0. The van der Waals surface area contributed by atoms with Gasteiger partial charge < -0.3 is 14.4 Å². The van der Waals surface area contributed by atoms with Gasteiger partial charge in [-0.25, -0.2) is 4.79 Å². The Labute approximate surface area is 122 Å². The van der Waals surface area contributed by atoms with Crippen LogP contribution in [-0.4, -0.2) is 53.4 Å². The van der Waals surface area contributed by atoms with Crippen LogP contribution in [0.15, 0.2) is 12.3 Å². The highest BCUT2D eigenvalue weighted by Gasteiger charge is 2.58. The van der Waals surface area contributed by atoms with Crippen LogP contribution in [0.3, 0.4) is 0 Å². The van der Waals surface area contributed by atoms with Crippen molar-refractivity contribution in [3.63, 3.8) is 0 Å². The van der Waals surface area contributed by atoms with Crippen molar-refractivity contribution in [3.05, 3.63) is 12.3 Å². The van der Waals surface area contributed by atoms with Crippen molar-refractivity contribution in [1.82, 2.24) is 9.80 Å². The van der Waals surface area contributed by atoms with Gasteiger partial charge in [-0.05, 0) is 41.5 Å². The lowest BCUT2D eigenvalue weighted by Gasteiger charge is -2.43. The molecule has 1 aliphatic rings. The number of nitrogens with zero attached hydrogens (tertiary/aromatic N) is 2. The van der Waals surface area contributed by atoms with Crippen LogP contribution >= 0.6 is 0 Å². The van der Waals surface area contributed by atoms with Crippen LogP contribution in [-0.2, 0) is 9.47 Å². The maximum Gasteiger partial charge on any atom is 0.323 e. The minimum Gasteiger partial charge on any atom is -0.497 e. The van der Waals surface area contributed by atoms with E-state index in [1.165, 1.54) is 0 Å². The van der Waals surface area contributed by atoms with Crippen molar-refractivity contribution in [1.29, 1.82) is 0 Å². The zero-order valence-corrected chi connectivity index (χ0v) is 14.0. The number of urea groups is 1. The molecule has 1 heterocycles. The normalized spacial score (nSPS) is 24.3. The van der Waals surface area contributed by atoms with E-state index in [9.17, 15) is 4.79 Å². The molecular weight excluding hydrogens is 256 g/mol. The largest absolute Gasteiger partial charge is 0.497 e. The van der Waals surface area contributed by atoms with E-state index in [2.05, 4.69) is 6.58 Å². The average Bonchev–Trinajstić information content (AvgIpc) is 2.61. The minimum absolute atomic E-state index is 0.0648.